The second-order valence-corrected chi connectivity index (χ2v) is 7.66. The maximum absolute atomic E-state index is 11.8. The molecule has 0 bridgehead atoms. The van der Waals surface area contributed by atoms with Crippen LogP contribution in [0.4, 0.5) is 17.1 Å². The van der Waals surface area contributed by atoms with Gasteiger partial charge in [0.25, 0.3) is 0 Å². The topological polar surface area (TPSA) is 37.4 Å². The zero-order valence-corrected chi connectivity index (χ0v) is 17.5. The van der Waals surface area contributed by atoms with Gasteiger partial charge < -0.3 is 4.90 Å². The van der Waals surface area contributed by atoms with Crippen LogP contribution in [0.15, 0.2) is 72.8 Å². The fraction of sp³-hybridized carbons (Fsp3) is 0.231. The first-order chi connectivity index (χ1) is 13.8. The molecule has 3 nitrogen and oxygen atoms in total. The van der Waals surface area contributed by atoms with Crippen LogP contribution in [0.1, 0.15) is 30.5 Å². The van der Waals surface area contributed by atoms with Gasteiger partial charge in [0.2, 0.25) is 0 Å². The molecule has 0 saturated heterocycles. The van der Waals surface area contributed by atoms with Crippen LogP contribution in [0.5, 0.6) is 0 Å². The summed E-state index contributed by atoms with van der Waals surface area (Å²) in [5.74, 6) is -0.726. The molecule has 0 aliphatic heterocycles. The molecule has 0 heterocycles. The van der Waals surface area contributed by atoms with E-state index in [1.807, 2.05) is 12.1 Å². The summed E-state index contributed by atoms with van der Waals surface area (Å²) in [5, 5.41) is 0. The van der Waals surface area contributed by atoms with E-state index in [1.54, 1.807) is 0 Å². The number of aryl methyl sites for hydroxylation is 2. The molecule has 0 amide bonds. The molecular formula is C26H27NO2. The van der Waals surface area contributed by atoms with Crippen LogP contribution in [-0.4, -0.2) is 11.6 Å². The van der Waals surface area contributed by atoms with Gasteiger partial charge in [-0.05, 0) is 87.2 Å². The van der Waals surface area contributed by atoms with Gasteiger partial charge in [-0.1, -0.05) is 36.4 Å². The van der Waals surface area contributed by atoms with Crippen molar-refractivity contribution in [3.8, 4) is 0 Å². The van der Waals surface area contributed by atoms with Crippen molar-refractivity contribution in [2.75, 3.05) is 4.90 Å². The van der Waals surface area contributed by atoms with Crippen molar-refractivity contribution in [2.45, 2.75) is 34.1 Å². The Morgan fingerprint density at radius 2 is 1.21 bits per heavy atom. The average Bonchev–Trinajstić information content (AvgIpc) is 2.67. The molecule has 0 fully saturated rings. The Balaban J connectivity index is 1.98. The van der Waals surface area contributed by atoms with Crippen molar-refractivity contribution in [1.29, 1.82) is 0 Å². The van der Waals surface area contributed by atoms with Crippen LogP contribution in [0.25, 0.3) is 0 Å². The van der Waals surface area contributed by atoms with Crippen molar-refractivity contribution < 1.29 is 9.59 Å². The maximum atomic E-state index is 11.8. The highest BCUT2D eigenvalue weighted by Crippen LogP contribution is 2.35. The Labute approximate surface area is 173 Å². The minimum Gasteiger partial charge on any atom is -0.310 e. The van der Waals surface area contributed by atoms with E-state index in [4.69, 9.17) is 0 Å². The lowest BCUT2D eigenvalue weighted by Crippen LogP contribution is -2.21. The van der Waals surface area contributed by atoms with Gasteiger partial charge in [-0.15, -0.1) is 0 Å². The molecule has 29 heavy (non-hydrogen) atoms. The molecule has 0 atom stereocenters. The highest BCUT2D eigenvalue weighted by atomic mass is 16.1. The normalized spacial score (nSPS) is 10.8. The maximum Gasteiger partial charge on any atom is 0.140 e. The fourth-order valence-electron chi connectivity index (χ4n) is 3.57. The summed E-state index contributed by atoms with van der Waals surface area (Å²) < 4.78 is 0. The second kappa shape index (κ2) is 8.87. The lowest BCUT2D eigenvalue weighted by molar-refractivity contribution is -0.130. The summed E-state index contributed by atoms with van der Waals surface area (Å²) in [6.07, 6.45) is 0.444. The van der Waals surface area contributed by atoms with E-state index in [0.717, 1.165) is 22.6 Å². The number of Topliss-reactive ketones (excluding diaryl/α,β-unsaturated/α-hetero) is 2. The zero-order valence-electron chi connectivity index (χ0n) is 17.5. The Hall–Kier alpha value is -3.20. The molecule has 0 aliphatic rings. The highest BCUT2D eigenvalue weighted by molar-refractivity contribution is 6.00. The lowest BCUT2D eigenvalue weighted by Gasteiger charge is -2.26. The third-order valence-corrected chi connectivity index (χ3v) is 5.14. The quantitative estimate of drug-likeness (QED) is 0.461. The third kappa shape index (κ3) is 5.00. The number of carbonyl (C=O) groups excluding carboxylic acids is 2. The second-order valence-electron chi connectivity index (χ2n) is 7.66. The van der Waals surface area contributed by atoms with Gasteiger partial charge in [0, 0.05) is 17.1 Å². The number of ketones is 2. The summed E-state index contributed by atoms with van der Waals surface area (Å²) >= 11 is 0. The molecule has 0 unspecified atom stereocenters. The van der Waals surface area contributed by atoms with Crippen LogP contribution in [-0.2, 0) is 16.0 Å². The predicted octanol–water partition coefficient (Wildman–Crippen LogP) is 6.11. The molecule has 0 aromatic heterocycles. The minimum atomic E-state index is -0.564. The predicted molar refractivity (Wildman–Crippen MR) is 119 cm³/mol. The molecule has 3 rings (SSSR count). The van der Waals surface area contributed by atoms with E-state index >= 15 is 0 Å². The Kier molecular flexibility index (Phi) is 6.28. The summed E-state index contributed by atoms with van der Waals surface area (Å²) in [6, 6.07) is 25.0. The molecule has 0 spiro atoms. The number of rotatable bonds is 7. The van der Waals surface area contributed by atoms with E-state index in [0.29, 0.717) is 6.42 Å². The monoisotopic (exact) mass is 385 g/mol. The van der Waals surface area contributed by atoms with Crippen molar-refractivity contribution in [3.05, 3.63) is 89.5 Å². The van der Waals surface area contributed by atoms with E-state index < -0.39 is 5.92 Å². The number of hydrogen-bond acceptors (Lipinski definition) is 3. The van der Waals surface area contributed by atoms with Gasteiger partial charge in [-0.25, -0.2) is 0 Å². The minimum absolute atomic E-state index is 0.0808. The van der Waals surface area contributed by atoms with Gasteiger partial charge >= 0.3 is 0 Å². The molecule has 3 heteroatoms. The first-order valence-corrected chi connectivity index (χ1v) is 9.88. The van der Waals surface area contributed by atoms with E-state index in [9.17, 15) is 9.59 Å². The Bertz CT molecular complexity index is 961. The molecule has 0 saturated carbocycles. The van der Waals surface area contributed by atoms with Crippen LogP contribution in [0.3, 0.4) is 0 Å². The van der Waals surface area contributed by atoms with Gasteiger partial charge in [-0.3, -0.25) is 9.59 Å². The first-order valence-electron chi connectivity index (χ1n) is 9.88. The number of carbonyl (C=O) groups is 2. The summed E-state index contributed by atoms with van der Waals surface area (Å²) in [5.41, 5.74) is 6.59. The van der Waals surface area contributed by atoms with Gasteiger partial charge in [-0.2, -0.15) is 0 Å². The zero-order chi connectivity index (χ0) is 21.0. The molecular weight excluding hydrogens is 358 g/mol. The smallest absolute Gasteiger partial charge is 0.140 e. The molecule has 3 aromatic rings. The van der Waals surface area contributed by atoms with Crippen molar-refractivity contribution in [2.24, 2.45) is 5.92 Å². The fourth-order valence-corrected chi connectivity index (χ4v) is 3.57. The summed E-state index contributed by atoms with van der Waals surface area (Å²) in [6.45, 7) is 7.14. The average molecular weight is 386 g/mol. The SMILES string of the molecule is CC(=O)C(Cc1ccc(N(c2cccc(C)c2)c2cccc(C)c2)cc1)C(C)=O. The van der Waals surface area contributed by atoms with Crippen LogP contribution in [0, 0.1) is 19.8 Å². The Morgan fingerprint density at radius 1 is 0.724 bits per heavy atom. The van der Waals surface area contributed by atoms with Crippen molar-refractivity contribution >= 4 is 28.6 Å². The number of benzene rings is 3. The molecule has 0 radical (unpaired) electrons. The highest BCUT2D eigenvalue weighted by Gasteiger charge is 2.20. The van der Waals surface area contributed by atoms with Crippen molar-refractivity contribution in [3.63, 3.8) is 0 Å². The molecule has 148 valence electrons. The lowest BCUT2D eigenvalue weighted by atomic mass is 9.92. The largest absolute Gasteiger partial charge is 0.310 e. The molecule has 3 aromatic carbocycles. The summed E-state index contributed by atoms with van der Waals surface area (Å²) in [4.78, 5) is 25.8. The van der Waals surface area contributed by atoms with Gasteiger partial charge in [0.1, 0.15) is 11.6 Å². The van der Waals surface area contributed by atoms with E-state index in [1.165, 1.54) is 25.0 Å². The Morgan fingerprint density at radius 3 is 1.62 bits per heavy atom. The van der Waals surface area contributed by atoms with Gasteiger partial charge in [0.05, 0.1) is 5.92 Å². The van der Waals surface area contributed by atoms with E-state index in [2.05, 4.69) is 79.4 Å². The third-order valence-electron chi connectivity index (χ3n) is 5.14. The van der Waals surface area contributed by atoms with Gasteiger partial charge in [0.15, 0.2) is 0 Å². The van der Waals surface area contributed by atoms with Crippen LogP contribution < -0.4 is 4.90 Å². The first kappa shape index (κ1) is 20.5. The number of anilines is 3. The standard InChI is InChI=1S/C26H27NO2/c1-18-7-5-9-24(15-18)27(25-10-6-8-19(2)16-25)23-13-11-22(12-14-23)17-26(20(3)28)21(4)29/h5-16,26H,17H2,1-4H3. The van der Waals surface area contributed by atoms with E-state index in [-0.39, 0.29) is 11.6 Å². The number of hydrogen-bond donors (Lipinski definition) is 0. The van der Waals surface area contributed by atoms with Crippen molar-refractivity contribution in [1.82, 2.24) is 0 Å². The molecule has 0 aliphatic carbocycles. The summed E-state index contributed by atoms with van der Waals surface area (Å²) in [7, 11) is 0. The van der Waals surface area contributed by atoms with Crippen LogP contribution in [0.2, 0.25) is 0 Å². The molecule has 0 N–H and O–H groups in total. The van der Waals surface area contributed by atoms with Crippen LogP contribution >= 0.6 is 0 Å². The number of nitrogens with zero attached hydrogens (tertiary/aromatic N) is 1.